The summed E-state index contributed by atoms with van der Waals surface area (Å²) in [6.45, 7) is 0.350. The first-order valence-electron chi connectivity index (χ1n) is 6.72. The van der Waals surface area contributed by atoms with Gasteiger partial charge in [0, 0.05) is 12.2 Å². The van der Waals surface area contributed by atoms with Gasteiger partial charge in [-0.2, -0.15) is 0 Å². The van der Waals surface area contributed by atoms with Crippen molar-refractivity contribution in [3.63, 3.8) is 0 Å². The Morgan fingerprint density at radius 1 is 1.45 bits per heavy atom. The highest BCUT2D eigenvalue weighted by Crippen LogP contribution is 2.23. The molecule has 1 fully saturated rings. The summed E-state index contributed by atoms with van der Waals surface area (Å²) in [5.74, 6) is -1.10. The quantitative estimate of drug-likeness (QED) is 0.733. The summed E-state index contributed by atoms with van der Waals surface area (Å²) in [5.41, 5.74) is 5.53. The predicted molar refractivity (Wildman–Crippen MR) is 80.4 cm³/mol. The Kier molecular flexibility index (Phi) is 4.99. The van der Waals surface area contributed by atoms with Gasteiger partial charge in [-0.3, -0.25) is 9.52 Å². The van der Waals surface area contributed by atoms with Gasteiger partial charge in [-0.25, -0.2) is 12.8 Å². The van der Waals surface area contributed by atoms with Crippen molar-refractivity contribution in [2.45, 2.75) is 25.0 Å². The number of nitrogens with two attached hydrogens (primary N) is 1. The van der Waals surface area contributed by atoms with Crippen molar-refractivity contribution in [1.29, 1.82) is 0 Å². The summed E-state index contributed by atoms with van der Waals surface area (Å²) in [7, 11) is -3.61. The zero-order valence-corrected chi connectivity index (χ0v) is 12.8. The topological polar surface area (TPSA) is 111 Å². The second-order valence-electron chi connectivity index (χ2n) is 5.12. The number of hydrogen-bond donors (Lipinski definition) is 3. The van der Waals surface area contributed by atoms with Gasteiger partial charge in [0.1, 0.15) is 11.9 Å². The lowest BCUT2D eigenvalue weighted by molar-refractivity contribution is -0.126. The van der Waals surface area contributed by atoms with Crippen LogP contribution in [0.1, 0.15) is 12.8 Å². The summed E-state index contributed by atoms with van der Waals surface area (Å²) in [6, 6.07) is 3.63. The van der Waals surface area contributed by atoms with Crippen LogP contribution in [0.4, 0.5) is 15.8 Å². The number of nitrogens with one attached hydrogen (secondary N) is 2. The van der Waals surface area contributed by atoms with Crippen LogP contribution in [0.2, 0.25) is 0 Å². The van der Waals surface area contributed by atoms with Crippen LogP contribution in [-0.2, 0) is 19.6 Å². The molecule has 2 rings (SSSR count). The van der Waals surface area contributed by atoms with Gasteiger partial charge in [0.2, 0.25) is 10.0 Å². The monoisotopic (exact) mass is 331 g/mol. The van der Waals surface area contributed by atoms with E-state index in [2.05, 4.69) is 5.32 Å². The highest BCUT2D eigenvalue weighted by Gasteiger charge is 2.29. The van der Waals surface area contributed by atoms with E-state index in [0.717, 1.165) is 12.3 Å². The van der Waals surface area contributed by atoms with Gasteiger partial charge in [0.05, 0.1) is 18.0 Å². The molecule has 1 saturated heterocycles. The molecule has 122 valence electrons. The predicted octanol–water partition coefficient (Wildman–Crippen LogP) is 0.642. The summed E-state index contributed by atoms with van der Waals surface area (Å²) >= 11 is 0. The van der Waals surface area contributed by atoms with Crippen LogP contribution in [0.5, 0.6) is 0 Å². The van der Waals surface area contributed by atoms with E-state index in [-0.39, 0.29) is 23.4 Å². The minimum absolute atomic E-state index is 0.133. The lowest BCUT2D eigenvalue weighted by atomic mass is 10.2. The van der Waals surface area contributed by atoms with Crippen LogP contribution >= 0.6 is 0 Å². The number of hydrogen-bond acceptors (Lipinski definition) is 5. The summed E-state index contributed by atoms with van der Waals surface area (Å²) < 4.78 is 43.4. The van der Waals surface area contributed by atoms with Crippen molar-refractivity contribution in [2.75, 3.05) is 22.8 Å². The third-order valence-electron chi connectivity index (χ3n) is 3.19. The fourth-order valence-corrected chi connectivity index (χ4v) is 2.73. The number of ether oxygens (including phenoxy) is 1. The van der Waals surface area contributed by atoms with E-state index in [1.165, 1.54) is 12.1 Å². The maximum absolute atomic E-state index is 13.6. The number of benzene rings is 1. The minimum atomic E-state index is -3.61. The smallest absolute Gasteiger partial charge is 0.253 e. The molecule has 1 aromatic carbocycles. The Bertz CT molecular complexity index is 665. The van der Waals surface area contributed by atoms with E-state index in [1.54, 1.807) is 0 Å². The summed E-state index contributed by atoms with van der Waals surface area (Å²) in [4.78, 5) is 12.0. The Morgan fingerprint density at radius 2 is 2.18 bits per heavy atom. The van der Waals surface area contributed by atoms with Crippen molar-refractivity contribution in [2.24, 2.45) is 5.73 Å². The van der Waals surface area contributed by atoms with Gasteiger partial charge in [-0.05, 0) is 31.0 Å². The molecule has 0 bridgehead atoms. The third kappa shape index (κ3) is 4.39. The van der Waals surface area contributed by atoms with E-state index in [0.29, 0.717) is 19.4 Å². The molecule has 0 saturated carbocycles. The van der Waals surface area contributed by atoms with E-state index >= 15 is 0 Å². The lowest BCUT2D eigenvalue weighted by Crippen LogP contribution is -2.29. The van der Waals surface area contributed by atoms with Crippen LogP contribution in [-0.4, -0.2) is 39.3 Å². The van der Waals surface area contributed by atoms with Crippen molar-refractivity contribution < 1.29 is 22.3 Å². The highest BCUT2D eigenvalue weighted by atomic mass is 32.2. The van der Waals surface area contributed by atoms with Gasteiger partial charge in [0.25, 0.3) is 5.91 Å². The van der Waals surface area contributed by atoms with Crippen LogP contribution in [0, 0.1) is 5.82 Å². The summed E-state index contributed by atoms with van der Waals surface area (Å²) in [5, 5.41) is 2.58. The van der Waals surface area contributed by atoms with E-state index < -0.39 is 21.9 Å². The molecule has 1 amide bonds. The lowest BCUT2D eigenvalue weighted by Gasteiger charge is -2.14. The molecule has 1 heterocycles. The molecule has 22 heavy (non-hydrogen) atoms. The van der Waals surface area contributed by atoms with Crippen LogP contribution in [0.3, 0.4) is 0 Å². The Balaban J connectivity index is 2.07. The number of amides is 1. The molecule has 4 N–H and O–H groups in total. The van der Waals surface area contributed by atoms with Crippen molar-refractivity contribution >= 4 is 27.3 Å². The summed E-state index contributed by atoms with van der Waals surface area (Å²) in [6.07, 6.45) is 1.44. The SMILES string of the molecule is CS(=O)(=O)Nc1cc(NC(=O)[C@@H]2CC[C@H](CN)O2)ccc1F. The molecule has 0 aromatic heterocycles. The van der Waals surface area contributed by atoms with E-state index in [4.69, 9.17) is 10.5 Å². The zero-order chi connectivity index (χ0) is 16.3. The number of anilines is 2. The molecular formula is C13H18FN3O4S. The fraction of sp³-hybridized carbons (Fsp3) is 0.462. The zero-order valence-electron chi connectivity index (χ0n) is 12.0. The molecule has 2 atom stereocenters. The highest BCUT2D eigenvalue weighted by molar-refractivity contribution is 7.92. The Morgan fingerprint density at radius 3 is 2.77 bits per heavy atom. The van der Waals surface area contributed by atoms with E-state index in [1.807, 2.05) is 4.72 Å². The van der Waals surface area contributed by atoms with Gasteiger partial charge in [-0.1, -0.05) is 0 Å². The average Bonchev–Trinajstić information content (AvgIpc) is 2.90. The average molecular weight is 331 g/mol. The molecular weight excluding hydrogens is 313 g/mol. The molecule has 0 aliphatic carbocycles. The largest absolute Gasteiger partial charge is 0.364 e. The molecule has 1 aliphatic heterocycles. The number of rotatable bonds is 5. The first-order valence-corrected chi connectivity index (χ1v) is 8.61. The second kappa shape index (κ2) is 6.59. The number of sulfonamides is 1. The molecule has 9 heteroatoms. The Labute approximate surface area is 128 Å². The molecule has 1 aliphatic rings. The van der Waals surface area contributed by atoms with Gasteiger partial charge in [-0.15, -0.1) is 0 Å². The van der Waals surface area contributed by atoms with Crippen LogP contribution in [0.15, 0.2) is 18.2 Å². The third-order valence-corrected chi connectivity index (χ3v) is 3.78. The first kappa shape index (κ1) is 16.7. The van der Waals surface area contributed by atoms with Crippen molar-refractivity contribution in [1.82, 2.24) is 0 Å². The second-order valence-corrected chi connectivity index (χ2v) is 6.87. The van der Waals surface area contributed by atoms with Crippen LogP contribution in [0.25, 0.3) is 0 Å². The van der Waals surface area contributed by atoms with Crippen molar-refractivity contribution in [3.05, 3.63) is 24.0 Å². The molecule has 7 nitrogen and oxygen atoms in total. The number of carbonyl (C=O) groups is 1. The van der Waals surface area contributed by atoms with E-state index in [9.17, 15) is 17.6 Å². The molecule has 0 unspecified atom stereocenters. The first-order chi connectivity index (χ1) is 10.3. The van der Waals surface area contributed by atoms with Gasteiger partial charge >= 0.3 is 0 Å². The molecule has 0 spiro atoms. The van der Waals surface area contributed by atoms with Gasteiger partial charge < -0.3 is 15.8 Å². The minimum Gasteiger partial charge on any atom is -0.364 e. The van der Waals surface area contributed by atoms with Crippen molar-refractivity contribution in [3.8, 4) is 0 Å². The maximum atomic E-state index is 13.6. The number of halogens is 1. The maximum Gasteiger partial charge on any atom is 0.253 e. The van der Waals surface area contributed by atoms with Gasteiger partial charge in [0.15, 0.2) is 0 Å². The fourth-order valence-electron chi connectivity index (χ4n) is 2.18. The normalized spacial score (nSPS) is 21.6. The van der Waals surface area contributed by atoms with Crippen LogP contribution < -0.4 is 15.8 Å². The molecule has 0 radical (unpaired) electrons. The molecule has 1 aromatic rings. The number of carbonyl (C=O) groups excluding carboxylic acids is 1. The Hall–Kier alpha value is -1.71. The standard InChI is InChI=1S/C13H18FN3O4S/c1-22(19,20)17-11-6-8(2-4-10(11)14)16-13(18)12-5-3-9(7-15)21-12/h2,4,6,9,12,17H,3,5,7,15H2,1H3,(H,16,18)/t9-,12+/m1/s1.